The van der Waals surface area contributed by atoms with Crippen molar-refractivity contribution in [2.75, 3.05) is 14.1 Å². The highest BCUT2D eigenvalue weighted by Gasteiger charge is 2.10. The van der Waals surface area contributed by atoms with Crippen LogP contribution in [-0.2, 0) is 0 Å². The molecule has 0 aliphatic carbocycles. The highest BCUT2D eigenvalue weighted by molar-refractivity contribution is 4.92. The van der Waals surface area contributed by atoms with Crippen LogP contribution in [0.2, 0.25) is 0 Å². The third-order valence-electron chi connectivity index (χ3n) is 6.86. The lowest BCUT2D eigenvalue weighted by molar-refractivity contribution is 0.251. The van der Waals surface area contributed by atoms with Gasteiger partial charge in [0, 0.05) is 6.04 Å². The second-order valence-electron chi connectivity index (χ2n) is 10.3. The number of hydrogen-bond acceptors (Lipinski definition) is 1. The van der Waals surface area contributed by atoms with E-state index >= 15 is 0 Å². The Morgan fingerprint density at radius 3 is 1.25 bits per heavy atom. The lowest BCUT2D eigenvalue weighted by Crippen LogP contribution is -2.27. The summed E-state index contributed by atoms with van der Waals surface area (Å²) in [6.45, 7) is 4.59. The zero-order valence-electron chi connectivity index (χ0n) is 22.9. The lowest BCUT2D eigenvalue weighted by Gasteiger charge is -2.24. The minimum Gasteiger partial charge on any atom is -0.306 e. The van der Waals surface area contributed by atoms with Crippen LogP contribution in [0.5, 0.6) is 0 Å². The number of allylic oxidation sites excluding steroid dienone is 4. The molecule has 1 nitrogen and oxygen atoms in total. The van der Waals surface area contributed by atoms with Crippen LogP contribution in [0.15, 0.2) is 24.3 Å². The summed E-state index contributed by atoms with van der Waals surface area (Å²) in [4.78, 5) is 2.47. The molecular formula is C31H61N. The minimum absolute atomic E-state index is 0.804. The standard InChI is InChI=1S/C31H61N/c1-5-7-9-11-13-14-15-16-17-18-19-20-21-22-23-24-26-28-30-31(32(3)4)29-27-25-12-10-8-6-2/h16-17,19-20,31H,5-15,18,21-30H2,1-4H3/b17-16-,20-19-. The molecule has 0 amide bonds. The first-order valence-corrected chi connectivity index (χ1v) is 14.7. The second kappa shape index (κ2) is 26.7. The third-order valence-corrected chi connectivity index (χ3v) is 6.86. The number of rotatable bonds is 25. The van der Waals surface area contributed by atoms with E-state index in [2.05, 4.69) is 57.1 Å². The fourth-order valence-electron chi connectivity index (χ4n) is 4.54. The van der Waals surface area contributed by atoms with Crippen molar-refractivity contribution in [1.82, 2.24) is 4.90 Å². The summed E-state index contributed by atoms with van der Waals surface area (Å²) in [6.07, 6.45) is 39.9. The summed E-state index contributed by atoms with van der Waals surface area (Å²) in [6, 6.07) is 0.804. The Labute approximate surface area is 204 Å². The second-order valence-corrected chi connectivity index (χ2v) is 10.3. The van der Waals surface area contributed by atoms with E-state index in [1.165, 1.54) is 135 Å². The van der Waals surface area contributed by atoms with Gasteiger partial charge in [-0.2, -0.15) is 0 Å². The fourth-order valence-corrected chi connectivity index (χ4v) is 4.54. The molecule has 0 aromatic heterocycles. The van der Waals surface area contributed by atoms with Crippen molar-refractivity contribution < 1.29 is 0 Å². The summed E-state index contributed by atoms with van der Waals surface area (Å²) in [5, 5.41) is 0. The number of nitrogens with zero attached hydrogens (tertiary/aromatic N) is 1. The molecule has 0 heterocycles. The van der Waals surface area contributed by atoms with Crippen LogP contribution in [0.25, 0.3) is 0 Å². The molecule has 0 aromatic rings. The Morgan fingerprint density at radius 1 is 0.469 bits per heavy atom. The minimum atomic E-state index is 0.804. The van der Waals surface area contributed by atoms with Crippen LogP contribution < -0.4 is 0 Å². The van der Waals surface area contributed by atoms with E-state index in [9.17, 15) is 0 Å². The maximum absolute atomic E-state index is 2.47. The summed E-state index contributed by atoms with van der Waals surface area (Å²) in [5.74, 6) is 0. The molecule has 1 heteroatoms. The normalized spacial score (nSPS) is 13.2. The summed E-state index contributed by atoms with van der Waals surface area (Å²) in [5.41, 5.74) is 0. The van der Waals surface area contributed by atoms with Gasteiger partial charge in [-0.25, -0.2) is 0 Å². The van der Waals surface area contributed by atoms with Gasteiger partial charge in [0.15, 0.2) is 0 Å². The van der Waals surface area contributed by atoms with Gasteiger partial charge in [-0.3, -0.25) is 0 Å². The third kappa shape index (κ3) is 24.1. The molecule has 0 saturated carbocycles. The van der Waals surface area contributed by atoms with Crippen molar-refractivity contribution >= 4 is 0 Å². The lowest BCUT2D eigenvalue weighted by atomic mass is 9.99. The van der Waals surface area contributed by atoms with Crippen molar-refractivity contribution in [3.8, 4) is 0 Å². The highest BCUT2D eigenvalue weighted by Crippen LogP contribution is 2.17. The first-order chi connectivity index (χ1) is 15.7. The monoisotopic (exact) mass is 447 g/mol. The predicted octanol–water partition coefficient (Wildman–Crippen LogP) is 10.7. The van der Waals surface area contributed by atoms with Crippen LogP contribution in [0, 0.1) is 0 Å². The Bertz CT molecular complexity index is 395. The van der Waals surface area contributed by atoms with Crippen molar-refractivity contribution in [2.45, 2.75) is 161 Å². The van der Waals surface area contributed by atoms with Crippen molar-refractivity contribution in [3.63, 3.8) is 0 Å². The van der Waals surface area contributed by atoms with E-state index in [0.29, 0.717) is 0 Å². The molecular weight excluding hydrogens is 386 g/mol. The van der Waals surface area contributed by atoms with E-state index in [-0.39, 0.29) is 0 Å². The molecule has 0 radical (unpaired) electrons. The van der Waals surface area contributed by atoms with E-state index < -0.39 is 0 Å². The molecule has 1 atom stereocenters. The van der Waals surface area contributed by atoms with Gasteiger partial charge in [0.2, 0.25) is 0 Å². The average molecular weight is 448 g/mol. The van der Waals surface area contributed by atoms with Crippen molar-refractivity contribution in [3.05, 3.63) is 24.3 Å². The van der Waals surface area contributed by atoms with Gasteiger partial charge in [-0.15, -0.1) is 0 Å². The maximum atomic E-state index is 2.47. The number of unbranched alkanes of at least 4 members (excludes halogenated alkanes) is 16. The van der Waals surface area contributed by atoms with E-state index in [1.807, 2.05) is 0 Å². The SMILES string of the molecule is CCCCCCCC/C=C\C/C=C\CCCCCCCC(CCCCCCCC)N(C)C. The Kier molecular flexibility index (Phi) is 26.2. The molecule has 1 unspecified atom stereocenters. The maximum Gasteiger partial charge on any atom is 0.00891 e. The van der Waals surface area contributed by atoms with Gasteiger partial charge in [-0.05, 0) is 59.0 Å². The Morgan fingerprint density at radius 2 is 0.844 bits per heavy atom. The van der Waals surface area contributed by atoms with Crippen molar-refractivity contribution in [2.24, 2.45) is 0 Å². The molecule has 0 rings (SSSR count). The summed E-state index contributed by atoms with van der Waals surface area (Å²) >= 11 is 0. The predicted molar refractivity (Wildman–Crippen MR) is 149 cm³/mol. The van der Waals surface area contributed by atoms with Crippen LogP contribution >= 0.6 is 0 Å². The first-order valence-electron chi connectivity index (χ1n) is 14.7. The summed E-state index contributed by atoms with van der Waals surface area (Å²) < 4.78 is 0. The van der Waals surface area contributed by atoms with Gasteiger partial charge in [-0.1, -0.05) is 134 Å². The molecule has 0 spiro atoms. The van der Waals surface area contributed by atoms with Gasteiger partial charge in [0.05, 0.1) is 0 Å². The number of hydrogen-bond donors (Lipinski definition) is 0. The van der Waals surface area contributed by atoms with Gasteiger partial charge < -0.3 is 4.90 Å². The molecule has 0 fully saturated rings. The Balaban J connectivity index is 3.47. The largest absolute Gasteiger partial charge is 0.306 e. The zero-order chi connectivity index (χ0) is 23.5. The van der Waals surface area contributed by atoms with Gasteiger partial charge in [0.25, 0.3) is 0 Å². The molecule has 32 heavy (non-hydrogen) atoms. The van der Waals surface area contributed by atoms with Crippen LogP contribution in [0.1, 0.15) is 155 Å². The summed E-state index contributed by atoms with van der Waals surface area (Å²) in [7, 11) is 4.55. The zero-order valence-corrected chi connectivity index (χ0v) is 22.9. The molecule has 190 valence electrons. The Hall–Kier alpha value is -0.560. The highest BCUT2D eigenvalue weighted by atomic mass is 15.1. The molecule has 0 aliphatic rings. The van der Waals surface area contributed by atoms with Crippen molar-refractivity contribution in [1.29, 1.82) is 0 Å². The van der Waals surface area contributed by atoms with E-state index in [1.54, 1.807) is 0 Å². The molecule has 0 bridgehead atoms. The molecule has 0 N–H and O–H groups in total. The smallest absolute Gasteiger partial charge is 0.00891 e. The average Bonchev–Trinajstić information content (AvgIpc) is 2.78. The van der Waals surface area contributed by atoms with Gasteiger partial charge >= 0.3 is 0 Å². The van der Waals surface area contributed by atoms with E-state index in [0.717, 1.165) is 12.5 Å². The van der Waals surface area contributed by atoms with Crippen LogP contribution in [-0.4, -0.2) is 25.0 Å². The van der Waals surface area contributed by atoms with E-state index in [4.69, 9.17) is 0 Å². The van der Waals surface area contributed by atoms with Crippen LogP contribution in [0.4, 0.5) is 0 Å². The molecule has 0 saturated heterocycles. The topological polar surface area (TPSA) is 3.24 Å². The van der Waals surface area contributed by atoms with Crippen LogP contribution in [0.3, 0.4) is 0 Å². The fraction of sp³-hybridized carbons (Fsp3) is 0.871. The molecule has 0 aromatic carbocycles. The first kappa shape index (κ1) is 31.4. The van der Waals surface area contributed by atoms with Gasteiger partial charge in [0.1, 0.15) is 0 Å². The molecule has 0 aliphatic heterocycles. The quantitative estimate of drug-likeness (QED) is 0.0993.